The van der Waals surface area contributed by atoms with Crippen LogP contribution in [0, 0.1) is 0 Å². The van der Waals surface area contributed by atoms with Gasteiger partial charge in [0.05, 0.1) is 14.4 Å². The van der Waals surface area contributed by atoms with Crippen molar-refractivity contribution in [2.24, 2.45) is 0 Å². The van der Waals surface area contributed by atoms with E-state index in [4.69, 9.17) is 14.4 Å². The molecule has 11 heteroatoms. The molecule has 0 saturated heterocycles. The van der Waals surface area contributed by atoms with Crippen LogP contribution >= 0.6 is 7.82 Å². The Morgan fingerprint density at radius 2 is 1.60 bits per heavy atom. The second kappa shape index (κ2) is 10.2. The van der Waals surface area contributed by atoms with Gasteiger partial charge in [-0.2, -0.15) is 0 Å². The van der Waals surface area contributed by atoms with Gasteiger partial charge in [-0.1, -0.05) is 0 Å². The number of phosphoric acid groups is 1. The van der Waals surface area contributed by atoms with Crippen LogP contribution in [0.1, 0.15) is 12.8 Å². The van der Waals surface area contributed by atoms with E-state index in [9.17, 15) is 14.4 Å². The Morgan fingerprint density at radius 3 is 1.93 bits per heavy atom. The van der Waals surface area contributed by atoms with Crippen molar-refractivity contribution >= 4 is 16.6 Å². The van der Waals surface area contributed by atoms with Gasteiger partial charge in [0, 0.05) is 6.04 Å². The van der Waals surface area contributed by atoms with Crippen LogP contribution in [0.2, 0.25) is 6.04 Å². The number of unbranched alkanes of at least 4 members (excludes halogenated alkanes) is 1. The van der Waals surface area contributed by atoms with Crippen molar-refractivity contribution in [1.82, 2.24) is 0 Å². The molecule has 0 atom stereocenters. The summed E-state index contributed by atoms with van der Waals surface area (Å²) in [6.45, 7) is -0.297. The Kier molecular flexibility index (Phi) is 15.2. The molecule has 0 radical (unpaired) electrons. The first-order valence-electron chi connectivity index (χ1n) is 3.54. The fourth-order valence-electron chi connectivity index (χ4n) is 0.641. The molecule has 0 spiro atoms. The maximum Gasteiger partial charge on any atom is 1.00 e. The van der Waals surface area contributed by atoms with Gasteiger partial charge in [-0.25, -0.2) is 0 Å². The molecular weight excluding hydrogens is 265 g/mol. The normalized spacial score (nSPS) is 11.5. The van der Waals surface area contributed by atoms with Crippen molar-refractivity contribution < 1.29 is 92.4 Å². The van der Waals surface area contributed by atoms with Gasteiger partial charge in [0.25, 0.3) is 0 Å². The van der Waals surface area contributed by atoms with Crippen molar-refractivity contribution in [2.75, 3.05) is 6.61 Å². The fraction of sp³-hybridized carbons (Fsp3) is 1.00. The zero-order valence-electron chi connectivity index (χ0n) is 8.75. The molecule has 0 saturated carbocycles. The van der Waals surface area contributed by atoms with Gasteiger partial charge in [0.15, 0.2) is 0 Å². The first kappa shape index (κ1) is 22.4. The maximum absolute atomic E-state index is 9.90. The third-order valence-corrected chi connectivity index (χ3v) is 2.68. The van der Waals surface area contributed by atoms with E-state index in [0.29, 0.717) is 0 Å². The van der Waals surface area contributed by atoms with Crippen molar-refractivity contribution in [3.8, 4) is 0 Å². The van der Waals surface area contributed by atoms with E-state index < -0.39 is 16.6 Å². The van der Waals surface area contributed by atoms with Crippen molar-refractivity contribution in [2.45, 2.75) is 18.9 Å². The second-order valence-corrected chi connectivity index (χ2v) is 5.71. The minimum atomic E-state index is -4.92. The summed E-state index contributed by atoms with van der Waals surface area (Å²) in [7, 11) is -8.96. The molecule has 7 nitrogen and oxygen atoms in total. The fourth-order valence-corrected chi connectivity index (χ4v) is 1.72. The third kappa shape index (κ3) is 22.0. The summed E-state index contributed by atoms with van der Waals surface area (Å²) >= 11 is 0. The molecular formula is C4H11Na2O7PSi. The number of hydrogen-bond acceptors (Lipinski definition) is 7. The summed E-state index contributed by atoms with van der Waals surface area (Å²) in [5.74, 6) is 0. The Bertz CT molecular complexity index is 192. The molecule has 0 unspecified atom stereocenters. The molecule has 0 aromatic heterocycles. The van der Waals surface area contributed by atoms with E-state index in [1.165, 1.54) is 0 Å². The molecule has 0 amide bonds. The molecule has 0 aliphatic heterocycles. The zero-order chi connectivity index (χ0) is 10.5. The smallest absolute Gasteiger partial charge is 0.790 e. The Labute approximate surface area is 133 Å². The van der Waals surface area contributed by atoms with Crippen LogP contribution in [0.5, 0.6) is 0 Å². The molecule has 0 bridgehead atoms. The predicted molar refractivity (Wildman–Crippen MR) is 40.0 cm³/mol. The Hall–Kier alpha value is 2.21. The summed E-state index contributed by atoms with van der Waals surface area (Å²) in [6.07, 6.45) is 0.362. The van der Waals surface area contributed by atoms with Crippen LogP contribution in [-0.4, -0.2) is 29.8 Å². The quantitative estimate of drug-likeness (QED) is 0.249. The first-order valence-corrected chi connectivity index (χ1v) is 7.05. The molecule has 3 N–H and O–H groups in total. The summed E-state index contributed by atoms with van der Waals surface area (Å²) in [6, 6.07) is -0.196. The van der Waals surface area contributed by atoms with Crippen molar-refractivity contribution in [3.05, 3.63) is 0 Å². The van der Waals surface area contributed by atoms with Crippen LogP contribution in [-0.2, 0) is 9.09 Å². The van der Waals surface area contributed by atoms with Gasteiger partial charge in [0.1, 0.15) is 0 Å². The van der Waals surface area contributed by atoms with E-state index in [1.807, 2.05) is 0 Å². The van der Waals surface area contributed by atoms with Gasteiger partial charge >= 0.3 is 67.9 Å². The number of phosphoric ester groups is 1. The van der Waals surface area contributed by atoms with Crippen LogP contribution in [0.3, 0.4) is 0 Å². The van der Waals surface area contributed by atoms with Crippen molar-refractivity contribution in [3.63, 3.8) is 0 Å². The van der Waals surface area contributed by atoms with E-state index in [-0.39, 0.29) is 84.6 Å². The standard InChI is InChI=1S/C4H13O7PSi.2Na/c5-12(6,7)11-3-1-2-4-13(8,9)10;;/h8-10H,1-4H2,(H2,5,6,7);;/q;2*+1/p-2. The second-order valence-electron chi connectivity index (χ2n) is 2.51. The molecule has 0 aromatic rings. The van der Waals surface area contributed by atoms with Gasteiger partial charge in [-0.05, 0) is 12.8 Å². The van der Waals surface area contributed by atoms with E-state index >= 15 is 0 Å². The summed E-state index contributed by atoms with van der Waals surface area (Å²) in [5, 5.41) is 0. The molecule has 0 aliphatic rings. The monoisotopic (exact) mass is 276 g/mol. The molecule has 0 aromatic carbocycles. The largest absolute Gasteiger partial charge is 1.00 e. The Morgan fingerprint density at radius 1 is 1.13 bits per heavy atom. The van der Waals surface area contributed by atoms with E-state index in [2.05, 4.69) is 4.52 Å². The predicted octanol–water partition coefficient (Wildman–Crippen LogP) is -8.46. The van der Waals surface area contributed by atoms with Gasteiger partial charge in [-0.15, -0.1) is 0 Å². The van der Waals surface area contributed by atoms with Gasteiger partial charge < -0.3 is 33.3 Å². The Balaban J connectivity index is -0.000000720. The molecule has 80 valence electrons. The van der Waals surface area contributed by atoms with Gasteiger partial charge in [-0.3, -0.25) is 0 Å². The minimum absolute atomic E-state index is 0. The molecule has 15 heavy (non-hydrogen) atoms. The van der Waals surface area contributed by atoms with Crippen LogP contribution in [0.25, 0.3) is 0 Å². The van der Waals surface area contributed by atoms with Gasteiger partial charge in [0.2, 0.25) is 0 Å². The van der Waals surface area contributed by atoms with Crippen LogP contribution in [0.4, 0.5) is 0 Å². The SMILES string of the molecule is O=P([O-])([O-])OCCCC[Si](O)(O)O.[Na+].[Na+]. The van der Waals surface area contributed by atoms with E-state index in [1.54, 1.807) is 0 Å². The molecule has 0 rings (SSSR count). The number of rotatable bonds is 6. The third-order valence-electron chi connectivity index (χ3n) is 1.16. The average molecular weight is 276 g/mol. The number of hydrogen-bond donors (Lipinski definition) is 3. The maximum atomic E-state index is 9.90. The topological polar surface area (TPSA) is 133 Å². The molecule has 0 heterocycles. The summed E-state index contributed by atoms with van der Waals surface area (Å²) < 4.78 is 13.8. The van der Waals surface area contributed by atoms with Crippen LogP contribution < -0.4 is 68.9 Å². The first-order chi connectivity index (χ1) is 5.71. The summed E-state index contributed by atoms with van der Waals surface area (Å²) in [4.78, 5) is 45.3. The molecule has 0 aliphatic carbocycles. The zero-order valence-corrected chi connectivity index (χ0v) is 14.6. The average Bonchev–Trinajstić information content (AvgIpc) is 1.81. The van der Waals surface area contributed by atoms with E-state index in [0.717, 1.165) is 0 Å². The summed E-state index contributed by atoms with van der Waals surface area (Å²) in [5.41, 5.74) is 0. The molecule has 0 fully saturated rings. The van der Waals surface area contributed by atoms with Crippen LogP contribution in [0.15, 0.2) is 0 Å². The van der Waals surface area contributed by atoms with Crippen molar-refractivity contribution in [1.29, 1.82) is 0 Å². The minimum Gasteiger partial charge on any atom is -0.790 e.